The van der Waals surface area contributed by atoms with Crippen molar-refractivity contribution >= 4 is 16.7 Å². The number of aliphatic hydroxyl groups is 1. The summed E-state index contributed by atoms with van der Waals surface area (Å²) in [5.74, 6) is -1.63. The summed E-state index contributed by atoms with van der Waals surface area (Å²) in [5.41, 5.74) is 0.622. The van der Waals surface area contributed by atoms with Crippen molar-refractivity contribution in [1.82, 2.24) is 0 Å². The first-order valence-electron chi connectivity index (χ1n) is 5.16. The highest BCUT2D eigenvalue weighted by Gasteiger charge is 2.15. The molecule has 3 nitrogen and oxygen atoms in total. The first-order valence-corrected chi connectivity index (χ1v) is 5.16. The molecule has 0 aliphatic carbocycles. The molecule has 0 saturated carbocycles. The third kappa shape index (κ3) is 2.26. The van der Waals surface area contributed by atoms with E-state index in [1.807, 2.05) is 0 Å². The van der Waals surface area contributed by atoms with Crippen LogP contribution in [0.25, 0.3) is 10.8 Å². The van der Waals surface area contributed by atoms with Crippen molar-refractivity contribution in [2.45, 2.75) is 12.5 Å². The SMILES string of the molecule is O=C(O)C(O)Cc1ccc(F)c2ccccc12. The van der Waals surface area contributed by atoms with Crippen molar-refractivity contribution < 1.29 is 19.4 Å². The molecule has 2 aromatic carbocycles. The van der Waals surface area contributed by atoms with E-state index < -0.39 is 12.1 Å². The number of carbonyl (C=O) groups is 1. The Bertz CT molecular complexity index is 566. The maximum Gasteiger partial charge on any atom is 0.332 e. The van der Waals surface area contributed by atoms with Gasteiger partial charge in [0.1, 0.15) is 5.82 Å². The molecule has 0 spiro atoms. The topological polar surface area (TPSA) is 57.5 Å². The van der Waals surface area contributed by atoms with Gasteiger partial charge < -0.3 is 10.2 Å². The molecule has 0 heterocycles. The Balaban J connectivity index is 2.48. The van der Waals surface area contributed by atoms with E-state index in [0.29, 0.717) is 16.3 Å². The fourth-order valence-corrected chi connectivity index (χ4v) is 1.80. The molecule has 0 saturated heterocycles. The zero-order chi connectivity index (χ0) is 12.4. The number of fused-ring (bicyclic) bond motifs is 1. The molecule has 0 aliphatic rings. The van der Waals surface area contributed by atoms with E-state index in [0.717, 1.165) is 0 Å². The van der Waals surface area contributed by atoms with Crippen molar-refractivity contribution in [3.63, 3.8) is 0 Å². The molecule has 17 heavy (non-hydrogen) atoms. The van der Waals surface area contributed by atoms with Crippen LogP contribution in [0.1, 0.15) is 5.56 Å². The highest BCUT2D eigenvalue weighted by atomic mass is 19.1. The number of benzene rings is 2. The van der Waals surface area contributed by atoms with Gasteiger partial charge in [-0.25, -0.2) is 9.18 Å². The molecule has 2 N–H and O–H groups in total. The summed E-state index contributed by atoms with van der Waals surface area (Å²) in [5, 5.41) is 19.0. The van der Waals surface area contributed by atoms with E-state index in [4.69, 9.17) is 5.11 Å². The number of aliphatic hydroxyl groups excluding tert-OH is 1. The van der Waals surface area contributed by atoms with Crippen molar-refractivity contribution in [2.24, 2.45) is 0 Å². The molecular weight excluding hydrogens is 223 g/mol. The maximum atomic E-state index is 13.5. The summed E-state index contributed by atoms with van der Waals surface area (Å²) < 4.78 is 13.5. The van der Waals surface area contributed by atoms with Gasteiger partial charge in [0.15, 0.2) is 6.10 Å². The Labute approximate surface area is 97.1 Å². The van der Waals surface area contributed by atoms with Gasteiger partial charge in [-0.05, 0) is 17.0 Å². The fraction of sp³-hybridized carbons (Fsp3) is 0.154. The minimum absolute atomic E-state index is 0.0316. The van der Waals surface area contributed by atoms with Crippen LogP contribution < -0.4 is 0 Å². The van der Waals surface area contributed by atoms with Crippen molar-refractivity contribution in [2.75, 3.05) is 0 Å². The second kappa shape index (κ2) is 4.51. The van der Waals surface area contributed by atoms with E-state index in [1.165, 1.54) is 12.1 Å². The van der Waals surface area contributed by atoms with Crippen LogP contribution in [0.3, 0.4) is 0 Å². The number of halogens is 1. The van der Waals surface area contributed by atoms with E-state index >= 15 is 0 Å². The van der Waals surface area contributed by atoms with Crippen LogP contribution in [0.4, 0.5) is 4.39 Å². The Hall–Kier alpha value is -1.94. The smallest absolute Gasteiger partial charge is 0.332 e. The monoisotopic (exact) mass is 234 g/mol. The van der Waals surface area contributed by atoms with Gasteiger partial charge in [-0.15, -0.1) is 0 Å². The molecule has 4 heteroatoms. The lowest BCUT2D eigenvalue weighted by atomic mass is 9.99. The largest absolute Gasteiger partial charge is 0.479 e. The second-order valence-corrected chi connectivity index (χ2v) is 3.81. The minimum Gasteiger partial charge on any atom is -0.479 e. The number of rotatable bonds is 3. The van der Waals surface area contributed by atoms with E-state index in [1.54, 1.807) is 24.3 Å². The molecule has 0 aromatic heterocycles. The lowest BCUT2D eigenvalue weighted by Crippen LogP contribution is -2.22. The van der Waals surface area contributed by atoms with E-state index in [2.05, 4.69) is 0 Å². The summed E-state index contributed by atoms with van der Waals surface area (Å²) >= 11 is 0. The summed E-state index contributed by atoms with van der Waals surface area (Å²) in [6.45, 7) is 0. The third-order valence-electron chi connectivity index (χ3n) is 2.66. The Morgan fingerprint density at radius 3 is 2.47 bits per heavy atom. The molecule has 1 unspecified atom stereocenters. The molecule has 1 atom stereocenters. The summed E-state index contributed by atoms with van der Waals surface area (Å²) in [7, 11) is 0. The van der Waals surface area contributed by atoms with Gasteiger partial charge in [0, 0.05) is 11.8 Å². The number of hydrogen-bond donors (Lipinski definition) is 2. The number of carboxylic acid groups (broad SMARTS) is 1. The van der Waals surface area contributed by atoms with Crippen LogP contribution in [0.5, 0.6) is 0 Å². The van der Waals surface area contributed by atoms with Crippen LogP contribution in [-0.4, -0.2) is 22.3 Å². The summed E-state index contributed by atoms with van der Waals surface area (Å²) in [6, 6.07) is 9.58. The first kappa shape index (κ1) is 11.5. The zero-order valence-corrected chi connectivity index (χ0v) is 8.93. The van der Waals surface area contributed by atoms with Gasteiger partial charge in [-0.2, -0.15) is 0 Å². The Morgan fingerprint density at radius 1 is 1.18 bits per heavy atom. The van der Waals surface area contributed by atoms with Crippen LogP contribution >= 0.6 is 0 Å². The van der Waals surface area contributed by atoms with Crippen molar-refractivity contribution in [1.29, 1.82) is 0 Å². The number of carboxylic acids is 1. The van der Waals surface area contributed by atoms with Gasteiger partial charge in [-0.3, -0.25) is 0 Å². The van der Waals surface area contributed by atoms with Crippen molar-refractivity contribution in [3.05, 3.63) is 47.8 Å². The standard InChI is InChI=1S/C13H11FO3/c14-11-6-5-8(7-12(15)13(16)17)9-3-1-2-4-10(9)11/h1-6,12,15H,7H2,(H,16,17). The number of hydrogen-bond acceptors (Lipinski definition) is 2. The molecule has 0 bridgehead atoms. The molecule has 0 fully saturated rings. The fourth-order valence-electron chi connectivity index (χ4n) is 1.80. The minimum atomic E-state index is -1.47. The van der Waals surface area contributed by atoms with Crippen LogP contribution in [0.2, 0.25) is 0 Å². The predicted molar refractivity (Wildman–Crippen MR) is 61.3 cm³/mol. The van der Waals surface area contributed by atoms with Crippen LogP contribution in [-0.2, 0) is 11.2 Å². The average molecular weight is 234 g/mol. The zero-order valence-electron chi connectivity index (χ0n) is 8.93. The lowest BCUT2D eigenvalue weighted by Gasteiger charge is -2.09. The highest BCUT2D eigenvalue weighted by molar-refractivity contribution is 5.87. The van der Waals surface area contributed by atoms with Gasteiger partial charge in [0.05, 0.1) is 0 Å². The molecule has 0 aliphatic heterocycles. The third-order valence-corrected chi connectivity index (χ3v) is 2.66. The Morgan fingerprint density at radius 2 is 1.82 bits per heavy atom. The summed E-state index contributed by atoms with van der Waals surface area (Å²) in [6.07, 6.45) is -1.50. The predicted octanol–water partition coefficient (Wildman–Crippen LogP) is 1.97. The van der Waals surface area contributed by atoms with E-state index in [9.17, 15) is 14.3 Å². The van der Waals surface area contributed by atoms with Gasteiger partial charge in [-0.1, -0.05) is 30.3 Å². The van der Waals surface area contributed by atoms with E-state index in [-0.39, 0.29) is 12.2 Å². The molecule has 0 amide bonds. The summed E-state index contributed by atoms with van der Waals surface area (Å²) in [4.78, 5) is 10.6. The molecule has 88 valence electrons. The first-order chi connectivity index (χ1) is 8.09. The molecular formula is C13H11FO3. The van der Waals surface area contributed by atoms with Gasteiger partial charge in [0.25, 0.3) is 0 Å². The second-order valence-electron chi connectivity index (χ2n) is 3.81. The van der Waals surface area contributed by atoms with Crippen LogP contribution in [0.15, 0.2) is 36.4 Å². The molecule has 0 radical (unpaired) electrons. The quantitative estimate of drug-likeness (QED) is 0.853. The van der Waals surface area contributed by atoms with Crippen LogP contribution in [0, 0.1) is 5.82 Å². The highest BCUT2D eigenvalue weighted by Crippen LogP contribution is 2.22. The molecule has 2 aromatic rings. The number of aliphatic carboxylic acids is 1. The normalized spacial score (nSPS) is 12.6. The van der Waals surface area contributed by atoms with Crippen molar-refractivity contribution in [3.8, 4) is 0 Å². The Kier molecular flexibility index (Phi) is 3.06. The lowest BCUT2D eigenvalue weighted by molar-refractivity contribution is -0.146. The van der Waals surface area contributed by atoms with Gasteiger partial charge in [0.2, 0.25) is 0 Å². The maximum absolute atomic E-state index is 13.5. The van der Waals surface area contributed by atoms with Gasteiger partial charge >= 0.3 is 5.97 Å². The molecule has 2 rings (SSSR count). The average Bonchev–Trinajstić information content (AvgIpc) is 2.33.